The van der Waals surface area contributed by atoms with Crippen molar-refractivity contribution >= 4 is 39.7 Å². The first-order chi connectivity index (χ1) is 10.6. The van der Waals surface area contributed by atoms with Crippen LogP contribution in [-0.2, 0) is 4.79 Å². The maximum atomic E-state index is 11.8. The summed E-state index contributed by atoms with van der Waals surface area (Å²) >= 11 is 7.68. The molecule has 3 rings (SSSR count). The van der Waals surface area contributed by atoms with Crippen LogP contribution in [0.25, 0.3) is 11.3 Å². The number of rotatable bonds is 4. The molecule has 0 unspecified atom stereocenters. The molecule has 1 aromatic carbocycles. The second kappa shape index (κ2) is 5.98. The molecular weight excluding hydrogens is 322 g/mol. The Morgan fingerprint density at radius 3 is 3.18 bits per heavy atom. The molecule has 0 fully saturated rings. The van der Waals surface area contributed by atoms with Crippen LogP contribution in [0.1, 0.15) is 0 Å². The van der Waals surface area contributed by atoms with Gasteiger partial charge in [0, 0.05) is 29.6 Å². The lowest BCUT2D eigenvalue weighted by molar-refractivity contribution is -0.120. The van der Waals surface area contributed by atoms with Crippen LogP contribution < -0.4 is 15.0 Å². The fraction of sp³-hybridized carbons (Fsp3) is 0.200. The van der Waals surface area contributed by atoms with Crippen molar-refractivity contribution in [3.63, 3.8) is 0 Å². The molecule has 0 spiro atoms. The first-order valence-electron chi connectivity index (χ1n) is 6.63. The molecule has 5 nitrogen and oxygen atoms in total. The van der Waals surface area contributed by atoms with Crippen molar-refractivity contribution in [3.8, 4) is 17.0 Å². The standard InChI is InChI=1S/C15H14ClN3O2S/c1-3-4-17-15-18-11(8-22-15)10-5-9(16)6-12-14(10)21-7-13(20)19(12)2/h3,5-6,8H,1,4,7H2,2H3,(H,17,18). The van der Waals surface area contributed by atoms with Crippen molar-refractivity contribution in [2.75, 3.05) is 30.4 Å². The van der Waals surface area contributed by atoms with Gasteiger partial charge in [-0.2, -0.15) is 0 Å². The van der Waals surface area contributed by atoms with E-state index in [1.807, 2.05) is 5.38 Å². The minimum Gasteiger partial charge on any atom is -0.481 e. The van der Waals surface area contributed by atoms with Crippen molar-refractivity contribution in [2.45, 2.75) is 0 Å². The number of halogens is 1. The first kappa shape index (κ1) is 14.9. The number of amides is 1. The van der Waals surface area contributed by atoms with E-state index in [9.17, 15) is 4.79 Å². The Kier molecular flexibility index (Phi) is 4.04. The van der Waals surface area contributed by atoms with Gasteiger partial charge in [-0.3, -0.25) is 4.79 Å². The van der Waals surface area contributed by atoms with Crippen molar-refractivity contribution in [1.82, 2.24) is 4.98 Å². The minimum absolute atomic E-state index is 0.0177. The molecule has 1 N–H and O–H groups in total. The number of likely N-dealkylation sites (N-methyl/N-ethyl adjacent to an activating group) is 1. The molecule has 1 aromatic heterocycles. The zero-order valence-electron chi connectivity index (χ0n) is 11.9. The average Bonchev–Trinajstić information content (AvgIpc) is 2.97. The highest BCUT2D eigenvalue weighted by Gasteiger charge is 2.26. The van der Waals surface area contributed by atoms with Gasteiger partial charge < -0.3 is 15.0 Å². The quantitative estimate of drug-likeness (QED) is 0.870. The molecule has 114 valence electrons. The first-order valence-corrected chi connectivity index (χ1v) is 7.89. The summed E-state index contributed by atoms with van der Waals surface area (Å²) in [6.07, 6.45) is 1.77. The molecule has 1 aliphatic rings. The van der Waals surface area contributed by atoms with Crippen molar-refractivity contribution in [2.24, 2.45) is 0 Å². The average molecular weight is 336 g/mol. The zero-order valence-corrected chi connectivity index (χ0v) is 13.5. The second-order valence-corrected chi connectivity index (χ2v) is 6.05. The molecule has 1 amide bonds. The Bertz CT molecular complexity index is 744. The highest BCUT2D eigenvalue weighted by Crippen LogP contribution is 2.43. The fourth-order valence-electron chi connectivity index (χ4n) is 2.17. The Labute approximate surface area is 137 Å². The highest BCUT2D eigenvalue weighted by molar-refractivity contribution is 7.14. The smallest absolute Gasteiger partial charge is 0.264 e. The van der Waals surface area contributed by atoms with E-state index in [1.54, 1.807) is 30.2 Å². The fourth-order valence-corrected chi connectivity index (χ4v) is 3.11. The van der Waals surface area contributed by atoms with Gasteiger partial charge in [0.25, 0.3) is 5.91 Å². The maximum absolute atomic E-state index is 11.8. The summed E-state index contributed by atoms with van der Waals surface area (Å²) in [5.41, 5.74) is 2.20. The normalized spacial score (nSPS) is 13.5. The lowest BCUT2D eigenvalue weighted by Gasteiger charge is -2.27. The summed E-state index contributed by atoms with van der Waals surface area (Å²) in [6, 6.07) is 3.52. The number of hydrogen-bond donors (Lipinski definition) is 1. The molecule has 7 heteroatoms. The van der Waals surface area contributed by atoms with Crippen LogP contribution in [0.2, 0.25) is 5.02 Å². The molecule has 0 aliphatic carbocycles. The molecule has 2 heterocycles. The summed E-state index contributed by atoms with van der Waals surface area (Å²) in [4.78, 5) is 17.8. The SMILES string of the molecule is C=CCNc1nc(-c2cc(Cl)cc3c2OCC(=O)N3C)cs1. The summed E-state index contributed by atoms with van der Waals surface area (Å²) in [7, 11) is 1.71. The number of nitrogens with one attached hydrogen (secondary N) is 1. The van der Waals surface area contributed by atoms with Crippen LogP contribution in [0.4, 0.5) is 10.8 Å². The minimum atomic E-state index is -0.104. The molecule has 0 bridgehead atoms. The lowest BCUT2D eigenvalue weighted by Crippen LogP contribution is -2.35. The van der Waals surface area contributed by atoms with Gasteiger partial charge in [-0.05, 0) is 12.1 Å². The van der Waals surface area contributed by atoms with E-state index in [0.717, 1.165) is 16.4 Å². The van der Waals surface area contributed by atoms with Crippen LogP contribution in [-0.4, -0.2) is 31.1 Å². The molecule has 0 radical (unpaired) electrons. The summed E-state index contributed by atoms with van der Waals surface area (Å²) < 4.78 is 5.62. The van der Waals surface area contributed by atoms with E-state index in [4.69, 9.17) is 16.3 Å². The second-order valence-electron chi connectivity index (χ2n) is 4.75. The lowest BCUT2D eigenvalue weighted by atomic mass is 10.1. The van der Waals surface area contributed by atoms with Gasteiger partial charge in [-0.1, -0.05) is 17.7 Å². The number of carbonyl (C=O) groups is 1. The number of nitrogens with zero attached hydrogens (tertiary/aromatic N) is 2. The van der Waals surface area contributed by atoms with Crippen molar-refractivity contribution in [1.29, 1.82) is 0 Å². The summed E-state index contributed by atoms with van der Waals surface area (Å²) in [6.45, 7) is 4.33. The largest absolute Gasteiger partial charge is 0.481 e. The summed E-state index contributed by atoms with van der Waals surface area (Å²) in [5, 5.41) is 6.40. The van der Waals surface area contributed by atoms with Gasteiger partial charge in [0.2, 0.25) is 0 Å². The summed E-state index contributed by atoms with van der Waals surface area (Å²) in [5.74, 6) is 0.527. The van der Waals surface area contributed by atoms with Crippen molar-refractivity contribution in [3.05, 3.63) is 35.2 Å². The zero-order chi connectivity index (χ0) is 15.7. The number of anilines is 2. The third-order valence-electron chi connectivity index (χ3n) is 3.29. The monoisotopic (exact) mass is 335 g/mol. The number of thiazole rings is 1. The third kappa shape index (κ3) is 2.67. The van der Waals surface area contributed by atoms with E-state index in [0.29, 0.717) is 23.0 Å². The van der Waals surface area contributed by atoms with E-state index < -0.39 is 0 Å². The van der Waals surface area contributed by atoms with Gasteiger partial charge in [0.05, 0.1) is 11.4 Å². The molecular formula is C15H14ClN3O2S. The number of fused-ring (bicyclic) bond motifs is 1. The van der Waals surface area contributed by atoms with Gasteiger partial charge in [0.1, 0.15) is 0 Å². The Morgan fingerprint density at radius 2 is 2.41 bits per heavy atom. The molecule has 0 saturated carbocycles. The number of carbonyl (C=O) groups excluding carboxylic acids is 1. The van der Waals surface area contributed by atoms with E-state index in [-0.39, 0.29) is 12.5 Å². The van der Waals surface area contributed by atoms with Gasteiger partial charge in [0.15, 0.2) is 17.5 Å². The predicted molar refractivity (Wildman–Crippen MR) is 90.2 cm³/mol. The topological polar surface area (TPSA) is 54.5 Å². The van der Waals surface area contributed by atoms with Gasteiger partial charge in [-0.15, -0.1) is 17.9 Å². The highest BCUT2D eigenvalue weighted by atomic mass is 35.5. The number of hydrogen-bond acceptors (Lipinski definition) is 5. The van der Waals surface area contributed by atoms with E-state index in [2.05, 4.69) is 16.9 Å². The Hall–Kier alpha value is -2.05. The predicted octanol–water partition coefficient (Wildman–Crippen LogP) is 3.42. The molecule has 22 heavy (non-hydrogen) atoms. The Morgan fingerprint density at radius 1 is 1.59 bits per heavy atom. The van der Waals surface area contributed by atoms with E-state index in [1.165, 1.54) is 11.3 Å². The third-order valence-corrected chi connectivity index (χ3v) is 4.31. The molecule has 1 aliphatic heterocycles. The number of benzene rings is 1. The molecule has 0 atom stereocenters. The number of ether oxygens (including phenoxy) is 1. The van der Waals surface area contributed by atoms with Crippen LogP contribution >= 0.6 is 22.9 Å². The van der Waals surface area contributed by atoms with Crippen LogP contribution in [0.5, 0.6) is 5.75 Å². The van der Waals surface area contributed by atoms with Gasteiger partial charge in [-0.25, -0.2) is 4.98 Å². The molecule has 0 saturated heterocycles. The van der Waals surface area contributed by atoms with Crippen LogP contribution in [0.3, 0.4) is 0 Å². The Balaban J connectivity index is 2.04. The van der Waals surface area contributed by atoms with E-state index >= 15 is 0 Å². The van der Waals surface area contributed by atoms with Gasteiger partial charge >= 0.3 is 0 Å². The molecule has 2 aromatic rings. The maximum Gasteiger partial charge on any atom is 0.264 e. The van der Waals surface area contributed by atoms with Crippen molar-refractivity contribution < 1.29 is 9.53 Å². The van der Waals surface area contributed by atoms with Crippen LogP contribution in [0.15, 0.2) is 30.2 Å². The van der Waals surface area contributed by atoms with Crippen LogP contribution in [0, 0.1) is 0 Å². The number of aromatic nitrogens is 1.